The van der Waals surface area contributed by atoms with E-state index in [0.29, 0.717) is 27.8 Å². The zero-order valence-electron chi connectivity index (χ0n) is 14.3. The minimum absolute atomic E-state index is 0.128. The molecule has 2 aromatic carbocycles. The molecule has 2 aliphatic rings. The fourth-order valence-electron chi connectivity index (χ4n) is 2.87. The van der Waals surface area contributed by atoms with Crippen molar-refractivity contribution in [3.63, 3.8) is 0 Å². The molecule has 7 nitrogen and oxygen atoms in total. The van der Waals surface area contributed by atoms with Crippen molar-refractivity contribution >= 4 is 29.6 Å². The molecule has 0 aromatic heterocycles. The van der Waals surface area contributed by atoms with Crippen LogP contribution in [0.1, 0.15) is 11.1 Å². The number of imide groups is 1. The fourth-order valence-corrected chi connectivity index (χ4v) is 3.00. The number of ether oxygens (including phenoxy) is 3. The zero-order valence-corrected chi connectivity index (χ0v) is 15.1. The van der Waals surface area contributed by atoms with Crippen molar-refractivity contribution in [2.45, 2.75) is 6.54 Å². The van der Waals surface area contributed by atoms with Gasteiger partial charge in [-0.1, -0.05) is 23.7 Å². The smallest absolute Gasteiger partial charge is 0.329 e. The standard InChI is InChI=1S/C19H15ClN2O5/c1-25-15-8-17-16(26-10-27-17)7-12(15)6-14-18(23)22(19(24)21-14)9-11-2-4-13(20)5-3-11/h2-8H,9-10H2,1H3,(H,21,24). The van der Waals surface area contributed by atoms with E-state index in [4.69, 9.17) is 25.8 Å². The Morgan fingerprint density at radius 3 is 2.59 bits per heavy atom. The first-order valence-electron chi connectivity index (χ1n) is 8.12. The molecule has 1 fully saturated rings. The molecule has 1 N–H and O–H groups in total. The number of rotatable bonds is 4. The van der Waals surface area contributed by atoms with Gasteiger partial charge in [-0.2, -0.15) is 0 Å². The van der Waals surface area contributed by atoms with Crippen LogP contribution in [-0.4, -0.2) is 30.7 Å². The molecule has 0 radical (unpaired) electrons. The molecule has 0 aliphatic carbocycles. The number of hydrogen-bond acceptors (Lipinski definition) is 5. The van der Waals surface area contributed by atoms with Gasteiger partial charge in [0.15, 0.2) is 11.5 Å². The van der Waals surface area contributed by atoms with Gasteiger partial charge in [0.2, 0.25) is 6.79 Å². The number of benzene rings is 2. The molecule has 0 spiro atoms. The van der Waals surface area contributed by atoms with Gasteiger partial charge in [0, 0.05) is 16.7 Å². The lowest BCUT2D eigenvalue weighted by Gasteiger charge is -2.11. The summed E-state index contributed by atoms with van der Waals surface area (Å²) in [7, 11) is 1.52. The normalized spacial score (nSPS) is 16.8. The van der Waals surface area contributed by atoms with Crippen molar-refractivity contribution in [3.05, 3.63) is 58.2 Å². The summed E-state index contributed by atoms with van der Waals surface area (Å²) >= 11 is 5.87. The Kier molecular flexibility index (Phi) is 4.37. The van der Waals surface area contributed by atoms with Crippen LogP contribution in [0.25, 0.3) is 6.08 Å². The highest BCUT2D eigenvalue weighted by atomic mass is 35.5. The Morgan fingerprint density at radius 2 is 1.89 bits per heavy atom. The van der Waals surface area contributed by atoms with E-state index < -0.39 is 11.9 Å². The summed E-state index contributed by atoms with van der Waals surface area (Å²) in [6.07, 6.45) is 1.56. The molecule has 0 unspecified atom stereocenters. The van der Waals surface area contributed by atoms with E-state index in [-0.39, 0.29) is 19.0 Å². The maximum atomic E-state index is 12.7. The first-order chi connectivity index (χ1) is 13.0. The predicted octanol–water partition coefficient (Wildman–Crippen LogP) is 3.17. The van der Waals surface area contributed by atoms with E-state index in [0.717, 1.165) is 10.5 Å². The number of nitrogens with one attached hydrogen (secondary N) is 1. The molecule has 138 valence electrons. The highest BCUT2D eigenvalue weighted by molar-refractivity contribution is 6.30. The number of urea groups is 1. The van der Waals surface area contributed by atoms with E-state index in [1.165, 1.54) is 7.11 Å². The molecule has 27 heavy (non-hydrogen) atoms. The number of methoxy groups -OCH3 is 1. The quantitative estimate of drug-likeness (QED) is 0.645. The summed E-state index contributed by atoms with van der Waals surface area (Å²) in [5, 5.41) is 3.19. The Hall–Kier alpha value is -3.19. The molecule has 8 heteroatoms. The largest absolute Gasteiger partial charge is 0.496 e. The molecule has 0 atom stereocenters. The minimum atomic E-state index is -0.485. The number of hydrogen-bond donors (Lipinski definition) is 1. The van der Waals surface area contributed by atoms with Crippen LogP contribution in [0.2, 0.25) is 5.02 Å². The summed E-state index contributed by atoms with van der Waals surface area (Å²) < 4.78 is 16.0. The molecule has 2 heterocycles. The van der Waals surface area contributed by atoms with Crippen LogP contribution in [0.15, 0.2) is 42.1 Å². The van der Waals surface area contributed by atoms with Crippen LogP contribution in [0.4, 0.5) is 4.79 Å². The van der Waals surface area contributed by atoms with E-state index in [2.05, 4.69) is 5.32 Å². The van der Waals surface area contributed by atoms with Crippen molar-refractivity contribution < 1.29 is 23.8 Å². The van der Waals surface area contributed by atoms with E-state index in [9.17, 15) is 9.59 Å². The Balaban J connectivity index is 1.61. The van der Waals surface area contributed by atoms with Gasteiger partial charge in [-0.25, -0.2) is 4.79 Å². The van der Waals surface area contributed by atoms with Gasteiger partial charge in [-0.05, 0) is 29.8 Å². The lowest BCUT2D eigenvalue weighted by atomic mass is 10.1. The number of carbonyl (C=O) groups excluding carboxylic acids is 2. The minimum Gasteiger partial charge on any atom is -0.496 e. The summed E-state index contributed by atoms with van der Waals surface area (Å²) in [5.74, 6) is 1.21. The number of carbonyl (C=O) groups is 2. The third-order valence-corrected chi connectivity index (χ3v) is 4.49. The first kappa shape index (κ1) is 17.2. The second-order valence-electron chi connectivity index (χ2n) is 5.95. The van der Waals surface area contributed by atoms with Crippen molar-refractivity contribution in [1.29, 1.82) is 0 Å². The summed E-state index contributed by atoms with van der Waals surface area (Å²) in [4.78, 5) is 26.1. The molecular formula is C19H15ClN2O5. The van der Waals surface area contributed by atoms with Crippen LogP contribution in [-0.2, 0) is 11.3 Å². The van der Waals surface area contributed by atoms with Gasteiger partial charge < -0.3 is 19.5 Å². The van der Waals surface area contributed by atoms with Crippen LogP contribution in [0, 0.1) is 0 Å². The Labute approximate surface area is 160 Å². The third-order valence-electron chi connectivity index (χ3n) is 4.24. The number of nitrogens with zero attached hydrogens (tertiary/aromatic N) is 1. The van der Waals surface area contributed by atoms with Crippen LogP contribution in [0.5, 0.6) is 17.2 Å². The topological polar surface area (TPSA) is 77.1 Å². The van der Waals surface area contributed by atoms with E-state index in [1.807, 2.05) is 0 Å². The lowest BCUT2D eigenvalue weighted by molar-refractivity contribution is -0.123. The second kappa shape index (κ2) is 6.85. The van der Waals surface area contributed by atoms with Gasteiger partial charge >= 0.3 is 6.03 Å². The Bertz CT molecular complexity index is 955. The van der Waals surface area contributed by atoms with Crippen molar-refractivity contribution in [3.8, 4) is 17.2 Å². The van der Waals surface area contributed by atoms with Crippen molar-refractivity contribution in [2.24, 2.45) is 0 Å². The van der Waals surface area contributed by atoms with Crippen LogP contribution < -0.4 is 19.5 Å². The number of amides is 3. The highest BCUT2D eigenvalue weighted by Crippen LogP contribution is 2.39. The lowest BCUT2D eigenvalue weighted by Crippen LogP contribution is -2.30. The summed E-state index contributed by atoms with van der Waals surface area (Å²) in [6.45, 7) is 0.278. The molecule has 3 amide bonds. The van der Waals surface area contributed by atoms with Gasteiger partial charge in [-0.15, -0.1) is 0 Å². The molecule has 2 aromatic rings. The average Bonchev–Trinajstić information content (AvgIpc) is 3.22. The van der Waals surface area contributed by atoms with Crippen LogP contribution >= 0.6 is 11.6 Å². The SMILES string of the molecule is COc1cc2c(cc1C=C1NC(=O)N(Cc3ccc(Cl)cc3)C1=O)OCO2. The molecular weight excluding hydrogens is 372 g/mol. The maximum absolute atomic E-state index is 12.7. The van der Waals surface area contributed by atoms with E-state index >= 15 is 0 Å². The molecule has 1 saturated heterocycles. The summed E-state index contributed by atoms with van der Waals surface area (Å²) in [5.41, 5.74) is 1.55. The van der Waals surface area contributed by atoms with Crippen molar-refractivity contribution in [1.82, 2.24) is 10.2 Å². The van der Waals surface area contributed by atoms with Gasteiger partial charge in [-0.3, -0.25) is 9.69 Å². The third kappa shape index (κ3) is 3.29. The summed E-state index contributed by atoms with van der Waals surface area (Å²) in [6, 6.07) is 9.86. The molecule has 0 saturated carbocycles. The molecule has 0 bridgehead atoms. The van der Waals surface area contributed by atoms with Gasteiger partial charge in [0.1, 0.15) is 11.4 Å². The van der Waals surface area contributed by atoms with Gasteiger partial charge in [0.05, 0.1) is 13.7 Å². The van der Waals surface area contributed by atoms with Crippen LogP contribution in [0.3, 0.4) is 0 Å². The molecule has 4 rings (SSSR count). The fraction of sp³-hybridized carbons (Fsp3) is 0.158. The zero-order chi connectivity index (χ0) is 19.0. The predicted molar refractivity (Wildman–Crippen MR) is 97.6 cm³/mol. The first-order valence-corrected chi connectivity index (χ1v) is 8.49. The second-order valence-corrected chi connectivity index (χ2v) is 6.39. The monoisotopic (exact) mass is 386 g/mol. The van der Waals surface area contributed by atoms with E-state index in [1.54, 1.807) is 42.5 Å². The van der Waals surface area contributed by atoms with Gasteiger partial charge in [0.25, 0.3) is 5.91 Å². The number of fused-ring (bicyclic) bond motifs is 1. The highest BCUT2D eigenvalue weighted by Gasteiger charge is 2.34. The Morgan fingerprint density at radius 1 is 1.19 bits per heavy atom. The number of halogens is 1. The maximum Gasteiger partial charge on any atom is 0.329 e. The average molecular weight is 387 g/mol. The van der Waals surface area contributed by atoms with Crippen molar-refractivity contribution in [2.75, 3.05) is 13.9 Å². The molecule has 2 aliphatic heterocycles.